The second kappa shape index (κ2) is 5.19. The predicted molar refractivity (Wildman–Crippen MR) is 66.7 cm³/mol. The van der Waals surface area contributed by atoms with Crippen LogP contribution in [0.4, 0.5) is 10.1 Å². The molecule has 1 heterocycles. The molecular weight excluding hydrogens is 241 g/mol. The highest BCUT2D eigenvalue weighted by atomic mass is 35.5. The smallest absolute Gasteiger partial charge is 0.141 e. The topological polar surface area (TPSA) is 31.9 Å². The van der Waals surface area contributed by atoms with E-state index in [-0.39, 0.29) is 5.02 Å². The highest BCUT2D eigenvalue weighted by Gasteiger charge is 2.09. The van der Waals surface area contributed by atoms with E-state index in [1.807, 2.05) is 6.92 Å². The lowest BCUT2D eigenvalue weighted by Crippen LogP contribution is -2.22. The quantitative estimate of drug-likeness (QED) is 0.907. The van der Waals surface area contributed by atoms with Crippen LogP contribution in [0.5, 0.6) is 0 Å². The number of benzene rings is 1. The van der Waals surface area contributed by atoms with Crippen LogP contribution < -0.4 is 4.90 Å². The molecule has 0 bridgehead atoms. The first-order valence-corrected chi connectivity index (χ1v) is 5.76. The van der Waals surface area contributed by atoms with Crippen molar-refractivity contribution in [2.45, 2.75) is 13.5 Å². The van der Waals surface area contributed by atoms with Crippen LogP contribution in [0.1, 0.15) is 12.7 Å². The van der Waals surface area contributed by atoms with Crippen LogP contribution in [0.25, 0.3) is 0 Å². The maximum Gasteiger partial charge on any atom is 0.141 e. The molecule has 0 unspecified atom stereocenters. The Morgan fingerprint density at radius 1 is 1.47 bits per heavy atom. The van der Waals surface area contributed by atoms with E-state index in [9.17, 15) is 4.39 Å². The van der Waals surface area contributed by atoms with Gasteiger partial charge in [0.2, 0.25) is 0 Å². The summed E-state index contributed by atoms with van der Waals surface area (Å²) in [6, 6.07) is 4.72. The standard InChI is InChI=1S/C12H13ClFN3/c1-2-17(8-12-15-5-6-16-12)9-3-4-11(14)10(13)7-9/h3-7H,2,8H2,1H3,(H,15,16). The summed E-state index contributed by atoms with van der Waals surface area (Å²) in [4.78, 5) is 9.26. The third-order valence-corrected chi connectivity index (χ3v) is 2.84. The van der Waals surface area contributed by atoms with E-state index in [1.165, 1.54) is 6.07 Å². The summed E-state index contributed by atoms with van der Waals surface area (Å²) in [5, 5.41) is 0.139. The van der Waals surface area contributed by atoms with Gasteiger partial charge in [-0.15, -0.1) is 0 Å². The average Bonchev–Trinajstić information content (AvgIpc) is 2.82. The van der Waals surface area contributed by atoms with E-state index in [0.29, 0.717) is 6.54 Å². The van der Waals surface area contributed by atoms with Gasteiger partial charge >= 0.3 is 0 Å². The lowest BCUT2D eigenvalue weighted by Gasteiger charge is -2.22. The minimum absolute atomic E-state index is 0.139. The third-order valence-electron chi connectivity index (χ3n) is 2.55. The van der Waals surface area contributed by atoms with Gasteiger partial charge in [0.1, 0.15) is 11.6 Å². The van der Waals surface area contributed by atoms with Crippen molar-refractivity contribution in [3.8, 4) is 0 Å². The van der Waals surface area contributed by atoms with Crippen LogP contribution >= 0.6 is 11.6 Å². The van der Waals surface area contributed by atoms with Gasteiger partial charge in [-0.2, -0.15) is 0 Å². The fourth-order valence-electron chi connectivity index (χ4n) is 1.63. The largest absolute Gasteiger partial charge is 0.364 e. The Morgan fingerprint density at radius 2 is 2.29 bits per heavy atom. The second-order valence-electron chi connectivity index (χ2n) is 3.65. The number of nitrogens with one attached hydrogen (secondary N) is 1. The number of aromatic amines is 1. The van der Waals surface area contributed by atoms with Gasteiger partial charge in [0.15, 0.2) is 0 Å². The molecule has 3 nitrogen and oxygen atoms in total. The fourth-order valence-corrected chi connectivity index (χ4v) is 1.81. The number of rotatable bonds is 4. The Kier molecular flexibility index (Phi) is 3.64. The summed E-state index contributed by atoms with van der Waals surface area (Å²) in [7, 11) is 0. The number of hydrogen-bond donors (Lipinski definition) is 1. The highest BCUT2D eigenvalue weighted by molar-refractivity contribution is 6.31. The van der Waals surface area contributed by atoms with Crippen LogP contribution in [-0.4, -0.2) is 16.5 Å². The van der Waals surface area contributed by atoms with Crippen molar-refractivity contribution in [2.75, 3.05) is 11.4 Å². The molecule has 0 atom stereocenters. The summed E-state index contributed by atoms with van der Waals surface area (Å²) in [6.07, 6.45) is 3.49. The Balaban J connectivity index is 2.20. The number of H-pyrrole nitrogens is 1. The SMILES string of the molecule is CCN(Cc1ncc[nH]1)c1ccc(F)c(Cl)c1. The summed E-state index contributed by atoms with van der Waals surface area (Å²) in [5.41, 5.74) is 0.885. The lowest BCUT2D eigenvalue weighted by molar-refractivity contribution is 0.627. The molecule has 1 aromatic carbocycles. The molecule has 90 valence electrons. The first kappa shape index (κ1) is 11.9. The second-order valence-corrected chi connectivity index (χ2v) is 4.06. The predicted octanol–water partition coefficient (Wildman–Crippen LogP) is 3.23. The highest BCUT2D eigenvalue weighted by Crippen LogP contribution is 2.23. The van der Waals surface area contributed by atoms with Crippen LogP contribution in [0, 0.1) is 5.82 Å². The maximum absolute atomic E-state index is 13.1. The summed E-state index contributed by atoms with van der Waals surface area (Å²) < 4.78 is 13.1. The molecular formula is C12H13ClFN3. The minimum Gasteiger partial charge on any atom is -0.364 e. The van der Waals surface area contributed by atoms with E-state index in [1.54, 1.807) is 24.5 Å². The van der Waals surface area contributed by atoms with Crippen LogP contribution in [-0.2, 0) is 6.54 Å². The van der Waals surface area contributed by atoms with Crippen molar-refractivity contribution < 1.29 is 4.39 Å². The van der Waals surface area contributed by atoms with Crippen LogP contribution in [0.3, 0.4) is 0 Å². The number of aromatic nitrogens is 2. The van der Waals surface area contributed by atoms with Crippen molar-refractivity contribution in [2.24, 2.45) is 0 Å². The molecule has 0 saturated heterocycles. The lowest BCUT2D eigenvalue weighted by atomic mass is 10.2. The maximum atomic E-state index is 13.1. The van der Waals surface area contributed by atoms with Crippen molar-refractivity contribution in [1.29, 1.82) is 0 Å². The average molecular weight is 254 g/mol. The zero-order valence-corrected chi connectivity index (χ0v) is 10.2. The first-order valence-electron chi connectivity index (χ1n) is 5.39. The molecule has 1 aromatic heterocycles. The molecule has 1 N–H and O–H groups in total. The van der Waals surface area contributed by atoms with Gasteiger partial charge < -0.3 is 9.88 Å². The Morgan fingerprint density at radius 3 is 2.88 bits per heavy atom. The van der Waals surface area contributed by atoms with Crippen LogP contribution in [0.2, 0.25) is 5.02 Å². The van der Waals surface area contributed by atoms with Gasteiger partial charge in [-0.3, -0.25) is 0 Å². The zero-order chi connectivity index (χ0) is 12.3. The summed E-state index contributed by atoms with van der Waals surface area (Å²) in [5.74, 6) is 0.469. The van der Waals surface area contributed by atoms with E-state index in [4.69, 9.17) is 11.6 Å². The number of nitrogens with zero attached hydrogens (tertiary/aromatic N) is 2. The van der Waals surface area contributed by atoms with Gasteiger partial charge in [-0.05, 0) is 25.1 Å². The number of anilines is 1. The summed E-state index contributed by atoms with van der Waals surface area (Å²) >= 11 is 5.77. The Bertz CT molecular complexity index is 485. The Labute approximate surface area is 104 Å². The molecule has 2 aromatic rings. The van der Waals surface area contributed by atoms with E-state index in [0.717, 1.165) is 18.1 Å². The van der Waals surface area contributed by atoms with Crippen molar-refractivity contribution in [3.63, 3.8) is 0 Å². The molecule has 0 saturated carbocycles. The Hall–Kier alpha value is -1.55. The molecule has 0 fully saturated rings. The number of halogens is 2. The van der Waals surface area contributed by atoms with E-state index >= 15 is 0 Å². The van der Waals surface area contributed by atoms with Gasteiger partial charge in [-0.25, -0.2) is 9.37 Å². The monoisotopic (exact) mass is 253 g/mol. The van der Waals surface area contributed by atoms with Gasteiger partial charge in [0.25, 0.3) is 0 Å². The number of hydrogen-bond acceptors (Lipinski definition) is 2. The fraction of sp³-hybridized carbons (Fsp3) is 0.250. The van der Waals surface area contributed by atoms with Crippen LogP contribution in [0.15, 0.2) is 30.6 Å². The zero-order valence-electron chi connectivity index (χ0n) is 9.45. The summed E-state index contributed by atoms with van der Waals surface area (Å²) in [6.45, 7) is 3.47. The molecule has 17 heavy (non-hydrogen) atoms. The molecule has 0 spiro atoms. The number of imidazole rings is 1. The minimum atomic E-state index is -0.399. The van der Waals surface area contributed by atoms with Crippen molar-refractivity contribution in [3.05, 3.63) is 47.3 Å². The molecule has 2 rings (SSSR count). The van der Waals surface area contributed by atoms with Gasteiger partial charge in [0.05, 0.1) is 11.6 Å². The van der Waals surface area contributed by atoms with Gasteiger partial charge in [0, 0.05) is 24.6 Å². The molecule has 5 heteroatoms. The molecule has 0 aliphatic carbocycles. The molecule has 0 aliphatic rings. The van der Waals surface area contributed by atoms with Crippen molar-refractivity contribution in [1.82, 2.24) is 9.97 Å². The first-order chi connectivity index (χ1) is 8.20. The van der Waals surface area contributed by atoms with Crippen molar-refractivity contribution >= 4 is 17.3 Å². The third kappa shape index (κ3) is 2.77. The molecule has 0 amide bonds. The van der Waals surface area contributed by atoms with E-state index < -0.39 is 5.82 Å². The normalized spacial score (nSPS) is 10.5. The van der Waals surface area contributed by atoms with Gasteiger partial charge in [-0.1, -0.05) is 11.6 Å². The molecule has 0 radical (unpaired) electrons. The molecule has 0 aliphatic heterocycles. The van der Waals surface area contributed by atoms with E-state index in [2.05, 4.69) is 14.9 Å².